The van der Waals surface area contributed by atoms with Gasteiger partial charge in [0.05, 0.1) is 17.3 Å². The van der Waals surface area contributed by atoms with Crippen molar-refractivity contribution in [1.82, 2.24) is 4.98 Å². The molecule has 1 aromatic heterocycles. The summed E-state index contributed by atoms with van der Waals surface area (Å²) >= 11 is 0. The molecule has 2 nitrogen and oxygen atoms in total. The minimum Gasteiger partial charge on any atom is -0.387 e. The number of benzene rings is 1. The summed E-state index contributed by atoms with van der Waals surface area (Å²) in [5.74, 6) is 0. The predicted molar refractivity (Wildman–Crippen MR) is 61.9 cm³/mol. The van der Waals surface area contributed by atoms with Crippen molar-refractivity contribution >= 4 is 10.9 Å². The molecule has 0 saturated carbocycles. The highest BCUT2D eigenvalue weighted by Crippen LogP contribution is 2.21. The number of hydrogen-bond donors (Lipinski definition) is 1. The van der Waals surface area contributed by atoms with Gasteiger partial charge in [-0.2, -0.15) is 0 Å². The first kappa shape index (κ1) is 10.1. The molecule has 0 spiro atoms. The fourth-order valence-corrected chi connectivity index (χ4v) is 1.75. The highest BCUT2D eigenvalue weighted by molar-refractivity contribution is 5.82. The maximum absolute atomic E-state index is 9.50. The van der Waals surface area contributed by atoms with Gasteiger partial charge >= 0.3 is 0 Å². The molecule has 0 fully saturated rings. The molecule has 0 aliphatic carbocycles. The second-order valence-corrected chi connectivity index (χ2v) is 4.06. The van der Waals surface area contributed by atoms with Crippen molar-refractivity contribution in [2.75, 3.05) is 0 Å². The minimum atomic E-state index is -0.505. The van der Waals surface area contributed by atoms with Crippen molar-refractivity contribution in [2.45, 2.75) is 26.9 Å². The summed E-state index contributed by atoms with van der Waals surface area (Å²) in [5.41, 5.74) is 4.09. The zero-order valence-corrected chi connectivity index (χ0v) is 9.28. The zero-order valence-electron chi connectivity index (χ0n) is 9.28. The lowest BCUT2D eigenvalue weighted by atomic mass is 10.1. The largest absolute Gasteiger partial charge is 0.387 e. The van der Waals surface area contributed by atoms with Gasteiger partial charge in [-0.15, -0.1) is 0 Å². The van der Waals surface area contributed by atoms with Gasteiger partial charge in [0.1, 0.15) is 0 Å². The lowest BCUT2D eigenvalue weighted by Crippen LogP contribution is -1.97. The molecule has 1 atom stereocenters. The topological polar surface area (TPSA) is 33.1 Å². The van der Waals surface area contributed by atoms with Gasteiger partial charge in [0.15, 0.2) is 0 Å². The first-order valence-corrected chi connectivity index (χ1v) is 5.14. The van der Waals surface area contributed by atoms with Crippen molar-refractivity contribution < 1.29 is 5.11 Å². The van der Waals surface area contributed by atoms with Crippen LogP contribution in [0.3, 0.4) is 0 Å². The van der Waals surface area contributed by atoms with Gasteiger partial charge in [-0.1, -0.05) is 11.6 Å². The van der Waals surface area contributed by atoms with E-state index in [9.17, 15) is 5.11 Å². The van der Waals surface area contributed by atoms with E-state index in [4.69, 9.17) is 0 Å². The van der Waals surface area contributed by atoms with Gasteiger partial charge in [0.2, 0.25) is 0 Å². The molecule has 0 bridgehead atoms. The highest BCUT2D eigenvalue weighted by atomic mass is 16.3. The van der Waals surface area contributed by atoms with E-state index in [1.54, 1.807) is 6.92 Å². The summed E-state index contributed by atoms with van der Waals surface area (Å²) in [4.78, 5) is 4.43. The van der Waals surface area contributed by atoms with E-state index < -0.39 is 6.10 Å². The predicted octanol–water partition coefficient (Wildman–Crippen LogP) is 2.90. The molecule has 2 rings (SSSR count). The van der Waals surface area contributed by atoms with E-state index in [0.717, 1.165) is 11.2 Å². The van der Waals surface area contributed by atoms with Crippen LogP contribution in [0.4, 0.5) is 0 Å². The van der Waals surface area contributed by atoms with Crippen LogP contribution in [0.5, 0.6) is 0 Å². The molecule has 0 aliphatic rings. The maximum Gasteiger partial charge on any atom is 0.0932 e. The normalized spacial score (nSPS) is 13.1. The number of aliphatic hydroxyl groups excluding tert-OH is 1. The molecule has 0 radical (unpaired) electrons. The van der Waals surface area contributed by atoms with Gasteiger partial charge < -0.3 is 5.11 Å². The summed E-state index contributed by atoms with van der Waals surface area (Å²) in [6.45, 7) is 5.86. The third-order valence-corrected chi connectivity index (χ3v) is 2.62. The molecular weight excluding hydrogens is 186 g/mol. The third-order valence-electron chi connectivity index (χ3n) is 2.62. The molecule has 0 saturated heterocycles. The van der Waals surface area contributed by atoms with Crippen LogP contribution in [0.2, 0.25) is 0 Å². The lowest BCUT2D eigenvalue weighted by molar-refractivity contribution is 0.194. The number of fused-ring (bicyclic) bond motifs is 1. The number of aliphatic hydroxyl groups is 1. The average Bonchev–Trinajstić information content (AvgIpc) is 2.18. The standard InChI is InChI=1S/C13H15NO/c1-8-4-5-12-11(6-8)9(2)7-13(14-12)10(3)15/h4-7,10,15H,1-3H3. The lowest BCUT2D eigenvalue weighted by Gasteiger charge is -2.08. The Balaban J connectivity index is 2.73. The second kappa shape index (κ2) is 3.63. The van der Waals surface area contributed by atoms with Crippen LogP contribution in [0.15, 0.2) is 24.3 Å². The van der Waals surface area contributed by atoms with Gasteiger partial charge in [-0.3, -0.25) is 4.98 Å². The monoisotopic (exact) mass is 201 g/mol. The Bertz CT molecular complexity index is 503. The van der Waals surface area contributed by atoms with Crippen LogP contribution in [-0.2, 0) is 0 Å². The first-order chi connectivity index (χ1) is 7.08. The fraction of sp³-hybridized carbons (Fsp3) is 0.308. The molecule has 0 amide bonds. The van der Waals surface area contributed by atoms with Crippen LogP contribution in [0, 0.1) is 13.8 Å². The molecule has 15 heavy (non-hydrogen) atoms. The van der Waals surface area contributed by atoms with Gasteiger partial charge in [-0.25, -0.2) is 0 Å². The van der Waals surface area contributed by atoms with Crippen LogP contribution in [0.25, 0.3) is 10.9 Å². The SMILES string of the molecule is Cc1ccc2nc(C(C)O)cc(C)c2c1. The Hall–Kier alpha value is -1.41. The van der Waals surface area contributed by atoms with E-state index in [1.807, 2.05) is 18.2 Å². The van der Waals surface area contributed by atoms with Crippen molar-refractivity contribution in [3.8, 4) is 0 Å². The number of aryl methyl sites for hydroxylation is 2. The van der Waals surface area contributed by atoms with Crippen molar-refractivity contribution in [3.05, 3.63) is 41.1 Å². The van der Waals surface area contributed by atoms with E-state index in [-0.39, 0.29) is 0 Å². The van der Waals surface area contributed by atoms with Crippen LogP contribution in [0.1, 0.15) is 29.8 Å². The molecule has 2 aromatic rings. The maximum atomic E-state index is 9.50. The van der Waals surface area contributed by atoms with Gasteiger partial charge in [0.25, 0.3) is 0 Å². The second-order valence-electron chi connectivity index (χ2n) is 4.06. The quantitative estimate of drug-likeness (QED) is 0.769. The Labute approximate surface area is 89.6 Å². The van der Waals surface area contributed by atoms with E-state index in [1.165, 1.54) is 16.5 Å². The van der Waals surface area contributed by atoms with E-state index >= 15 is 0 Å². The molecule has 78 valence electrons. The summed E-state index contributed by atoms with van der Waals surface area (Å²) in [5, 5.41) is 10.7. The van der Waals surface area contributed by atoms with Crippen molar-refractivity contribution in [1.29, 1.82) is 0 Å². The van der Waals surface area contributed by atoms with Crippen molar-refractivity contribution in [2.24, 2.45) is 0 Å². The summed E-state index contributed by atoms with van der Waals surface area (Å²) in [6, 6.07) is 8.13. The minimum absolute atomic E-state index is 0.505. The Kier molecular flexibility index (Phi) is 2.45. The van der Waals surface area contributed by atoms with Crippen LogP contribution >= 0.6 is 0 Å². The number of hydrogen-bond acceptors (Lipinski definition) is 2. The summed E-state index contributed by atoms with van der Waals surface area (Å²) in [6.07, 6.45) is -0.505. The molecular formula is C13H15NO. The Morgan fingerprint density at radius 2 is 1.93 bits per heavy atom. The summed E-state index contributed by atoms with van der Waals surface area (Å²) < 4.78 is 0. The van der Waals surface area contributed by atoms with E-state index in [2.05, 4.69) is 24.9 Å². The van der Waals surface area contributed by atoms with Gasteiger partial charge in [-0.05, 0) is 44.5 Å². The third kappa shape index (κ3) is 1.85. The molecule has 1 N–H and O–H groups in total. The molecule has 1 unspecified atom stereocenters. The smallest absolute Gasteiger partial charge is 0.0932 e. The van der Waals surface area contributed by atoms with Crippen molar-refractivity contribution in [3.63, 3.8) is 0 Å². The number of pyridine rings is 1. The first-order valence-electron chi connectivity index (χ1n) is 5.14. The zero-order chi connectivity index (χ0) is 11.0. The molecule has 2 heteroatoms. The molecule has 1 heterocycles. The molecule has 0 aliphatic heterocycles. The van der Waals surface area contributed by atoms with E-state index in [0.29, 0.717) is 0 Å². The molecule has 1 aromatic carbocycles. The number of aromatic nitrogens is 1. The Morgan fingerprint density at radius 1 is 1.20 bits per heavy atom. The summed E-state index contributed by atoms with van der Waals surface area (Å²) in [7, 11) is 0. The fourth-order valence-electron chi connectivity index (χ4n) is 1.75. The van der Waals surface area contributed by atoms with Crippen LogP contribution in [-0.4, -0.2) is 10.1 Å². The van der Waals surface area contributed by atoms with Gasteiger partial charge in [0, 0.05) is 5.39 Å². The van der Waals surface area contributed by atoms with Crippen LogP contribution < -0.4 is 0 Å². The number of nitrogens with zero attached hydrogens (tertiary/aromatic N) is 1. The Morgan fingerprint density at radius 3 is 2.60 bits per heavy atom. The average molecular weight is 201 g/mol. The highest BCUT2D eigenvalue weighted by Gasteiger charge is 2.06. The number of rotatable bonds is 1.